The molecule has 290 valence electrons. The zero-order valence-electron chi connectivity index (χ0n) is 31.5. The van der Waals surface area contributed by atoms with Crippen LogP contribution in [0.1, 0.15) is 181 Å². The maximum absolute atomic E-state index is 12.7. The largest absolute Gasteiger partial charge is 0.472 e. The lowest BCUT2D eigenvalue weighted by molar-refractivity contribution is -0.124. The molecule has 0 fully saturated rings. The number of aliphatic hydroxyl groups excluding tert-OH is 2. The van der Waals surface area contributed by atoms with Crippen LogP contribution in [0, 0.1) is 0 Å². The first-order valence-electron chi connectivity index (χ1n) is 20.0. The number of nitrogens with two attached hydrogens (primary N) is 1. The van der Waals surface area contributed by atoms with Gasteiger partial charge in [-0.1, -0.05) is 154 Å². The van der Waals surface area contributed by atoms with Crippen LogP contribution in [0.3, 0.4) is 0 Å². The van der Waals surface area contributed by atoms with Crippen molar-refractivity contribution in [2.45, 2.75) is 199 Å². The van der Waals surface area contributed by atoms with Crippen molar-refractivity contribution in [2.24, 2.45) is 5.73 Å². The van der Waals surface area contributed by atoms with E-state index in [1.165, 1.54) is 103 Å². The minimum Gasteiger partial charge on any atom is -0.393 e. The lowest BCUT2D eigenvalue weighted by atomic mass is 10.0. The maximum atomic E-state index is 12.7. The molecule has 4 atom stereocenters. The van der Waals surface area contributed by atoms with E-state index in [0.717, 1.165) is 51.4 Å². The van der Waals surface area contributed by atoms with Crippen molar-refractivity contribution >= 4 is 13.7 Å². The molecule has 0 aromatic heterocycles. The van der Waals surface area contributed by atoms with Crippen LogP contribution >= 0.6 is 7.82 Å². The zero-order valence-corrected chi connectivity index (χ0v) is 32.4. The Hall–Kier alpha value is -1.06. The van der Waals surface area contributed by atoms with Crippen LogP contribution in [0.15, 0.2) is 24.3 Å². The molecule has 1 amide bonds. The molecular formula is C39H77N2O7P. The minimum atomic E-state index is -4.39. The number of carbonyl (C=O) groups excluding carboxylic acids is 1. The van der Waals surface area contributed by atoms with Gasteiger partial charge in [0.15, 0.2) is 0 Å². The van der Waals surface area contributed by atoms with Gasteiger partial charge in [0, 0.05) is 6.54 Å². The summed E-state index contributed by atoms with van der Waals surface area (Å²) in [5.74, 6) is -0.455. The average molecular weight is 717 g/mol. The summed E-state index contributed by atoms with van der Waals surface area (Å²) >= 11 is 0. The molecule has 0 heterocycles. The number of unbranched alkanes of at least 4 members (excludes halogenated alkanes) is 21. The van der Waals surface area contributed by atoms with Crippen LogP contribution in [0.5, 0.6) is 0 Å². The molecule has 0 saturated heterocycles. The fraction of sp³-hybridized carbons (Fsp3) is 0.872. The third-order valence-electron chi connectivity index (χ3n) is 8.83. The van der Waals surface area contributed by atoms with Crippen molar-refractivity contribution in [1.29, 1.82) is 0 Å². The van der Waals surface area contributed by atoms with E-state index in [-0.39, 0.29) is 19.6 Å². The Labute approximate surface area is 300 Å². The van der Waals surface area contributed by atoms with E-state index >= 15 is 0 Å². The number of phosphoric ester groups is 1. The molecular weight excluding hydrogens is 639 g/mol. The van der Waals surface area contributed by atoms with Crippen molar-refractivity contribution < 1.29 is 33.5 Å². The van der Waals surface area contributed by atoms with Crippen molar-refractivity contribution in [1.82, 2.24) is 5.32 Å². The number of phosphoric acid groups is 1. The molecule has 0 aromatic carbocycles. The second-order valence-electron chi connectivity index (χ2n) is 13.7. The third kappa shape index (κ3) is 33.8. The second-order valence-corrected chi connectivity index (χ2v) is 15.1. The minimum absolute atomic E-state index is 0.0481. The van der Waals surface area contributed by atoms with Gasteiger partial charge in [-0.2, -0.15) is 0 Å². The Morgan fingerprint density at radius 3 is 1.63 bits per heavy atom. The summed E-state index contributed by atoms with van der Waals surface area (Å²) in [5.41, 5.74) is 5.33. The van der Waals surface area contributed by atoms with Crippen molar-refractivity contribution in [3.63, 3.8) is 0 Å². The maximum Gasteiger partial charge on any atom is 0.472 e. The van der Waals surface area contributed by atoms with Gasteiger partial charge in [-0.3, -0.25) is 13.8 Å². The fourth-order valence-electron chi connectivity index (χ4n) is 5.76. The van der Waals surface area contributed by atoms with Gasteiger partial charge in [0.25, 0.3) is 0 Å². The van der Waals surface area contributed by atoms with E-state index in [1.807, 2.05) is 6.08 Å². The van der Waals surface area contributed by atoms with Crippen LogP contribution in [-0.4, -0.2) is 59.0 Å². The molecule has 0 bridgehead atoms. The first-order valence-corrected chi connectivity index (χ1v) is 21.5. The number of aliphatic hydroxyl groups is 2. The average Bonchev–Trinajstić information content (AvgIpc) is 3.07. The number of carbonyl (C=O) groups is 1. The molecule has 0 aliphatic carbocycles. The zero-order chi connectivity index (χ0) is 36.3. The highest BCUT2D eigenvalue weighted by Crippen LogP contribution is 2.43. The van der Waals surface area contributed by atoms with Crippen LogP contribution in [-0.2, 0) is 18.4 Å². The Balaban J connectivity index is 4.16. The van der Waals surface area contributed by atoms with E-state index in [2.05, 4.69) is 31.3 Å². The highest BCUT2D eigenvalue weighted by molar-refractivity contribution is 7.47. The second kappa shape index (κ2) is 35.3. The highest BCUT2D eigenvalue weighted by Gasteiger charge is 2.27. The molecule has 0 saturated carbocycles. The van der Waals surface area contributed by atoms with Crippen LogP contribution in [0.2, 0.25) is 0 Å². The summed E-state index contributed by atoms with van der Waals surface area (Å²) in [7, 11) is -4.39. The molecule has 6 N–H and O–H groups in total. The summed E-state index contributed by atoms with van der Waals surface area (Å²) in [6.45, 7) is 3.89. The quantitative estimate of drug-likeness (QED) is 0.0242. The highest BCUT2D eigenvalue weighted by atomic mass is 31.2. The number of amides is 1. The monoisotopic (exact) mass is 717 g/mol. The normalized spacial score (nSPS) is 15.1. The van der Waals surface area contributed by atoms with Gasteiger partial charge in [-0.15, -0.1) is 0 Å². The molecule has 0 aromatic rings. The van der Waals surface area contributed by atoms with Gasteiger partial charge >= 0.3 is 7.82 Å². The van der Waals surface area contributed by atoms with Gasteiger partial charge in [0.05, 0.1) is 37.9 Å². The van der Waals surface area contributed by atoms with E-state index in [1.54, 1.807) is 6.08 Å². The first-order chi connectivity index (χ1) is 23.8. The number of hydrogen-bond donors (Lipinski definition) is 5. The molecule has 10 heteroatoms. The van der Waals surface area contributed by atoms with Crippen molar-refractivity contribution in [3.8, 4) is 0 Å². The van der Waals surface area contributed by atoms with Gasteiger partial charge in [0.2, 0.25) is 5.91 Å². The predicted molar refractivity (Wildman–Crippen MR) is 204 cm³/mol. The predicted octanol–water partition coefficient (Wildman–Crippen LogP) is 9.58. The molecule has 0 radical (unpaired) electrons. The topological polar surface area (TPSA) is 151 Å². The molecule has 0 aliphatic heterocycles. The molecule has 9 nitrogen and oxygen atoms in total. The number of nitrogens with one attached hydrogen (secondary N) is 1. The van der Waals surface area contributed by atoms with Gasteiger partial charge < -0.3 is 26.2 Å². The number of rotatable bonds is 37. The molecule has 4 unspecified atom stereocenters. The third-order valence-corrected chi connectivity index (χ3v) is 9.81. The summed E-state index contributed by atoms with van der Waals surface area (Å²) in [6.07, 6.45) is 35.8. The molecule has 0 rings (SSSR count). The Bertz CT molecular complexity index is 842. The first kappa shape index (κ1) is 47.9. The SMILES string of the molecule is CCCCCCC/C=C/C(O)C(COP(=O)(O)OCCN)NC(=O)CC(O)CCCCCCC/C=C\CCCCCCCCCCCCC. The van der Waals surface area contributed by atoms with E-state index < -0.39 is 38.6 Å². The van der Waals surface area contributed by atoms with Crippen molar-refractivity contribution in [3.05, 3.63) is 24.3 Å². The smallest absolute Gasteiger partial charge is 0.393 e. The Kier molecular flexibility index (Phi) is 34.6. The number of allylic oxidation sites excluding steroid dienone is 3. The summed E-state index contributed by atoms with van der Waals surface area (Å²) in [5, 5.41) is 23.8. The van der Waals surface area contributed by atoms with Crippen molar-refractivity contribution in [2.75, 3.05) is 19.8 Å². The summed E-state index contributed by atoms with van der Waals surface area (Å²) in [6, 6.07) is -0.980. The van der Waals surface area contributed by atoms with E-state index in [4.69, 9.17) is 14.8 Å². The van der Waals surface area contributed by atoms with Gasteiger partial charge in [-0.25, -0.2) is 4.57 Å². The molecule has 49 heavy (non-hydrogen) atoms. The summed E-state index contributed by atoms with van der Waals surface area (Å²) in [4.78, 5) is 22.6. The lowest BCUT2D eigenvalue weighted by Gasteiger charge is -2.24. The summed E-state index contributed by atoms with van der Waals surface area (Å²) < 4.78 is 21.9. The lowest BCUT2D eigenvalue weighted by Crippen LogP contribution is -2.46. The van der Waals surface area contributed by atoms with Gasteiger partial charge in [-0.05, 0) is 44.9 Å². The van der Waals surface area contributed by atoms with E-state index in [0.29, 0.717) is 6.42 Å². The number of hydrogen-bond acceptors (Lipinski definition) is 7. The Morgan fingerprint density at radius 2 is 1.14 bits per heavy atom. The van der Waals surface area contributed by atoms with Crippen LogP contribution < -0.4 is 11.1 Å². The standard InChI is InChI=1S/C39H77N2O7P/c1-3-5-7-9-11-12-13-14-15-16-17-18-19-20-21-22-23-25-26-28-30-36(42)34-39(44)41-37(35-48-49(45,46)47-33-32-40)38(43)31-29-27-24-10-8-6-4-2/h19-20,29,31,36-38,42-43H,3-18,21-28,30,32-35,40H2,1-2H3,(H,41,44)(H,45,46)/b20-19-,31-29+. The van der Waals surface area contributed by atoms with E-state index in [9.17, 15) is 24.5 Å². The van der Waals surface area contributed by atoms with Crippen LogP contribution in [0.4, 0.5) is 0 Å². The fourth-order valence-corrected chi connectivity index (χ4v) is 6.52. The van der Waals surface area contributed by atoms with Crippen LogP contribution in [0.25, 0.3) is 0 Å². The van der Waals surface area contributed by atoms with Gasteiger partial charge in [0.1, 0.15) is 0 Å². The molecule has 0 spiro atoms. The Morgan fingerprint density at radius 1 is 0.694 bits per heavy atom. The molecule has 0 aliphatic rings.